The fourth-order valence-electron chi connectivity index (χ4n) is 2.86. The summed E-state index contributed by atoms with van der Waals surface area (Å²) < 4.78 is 5.61. The molecule has 0 radical (unpaired) electrons. The van der Waals surface area contributed by atoms with E-state index in [9.17, 15) is 14.4 Å². The van der Waals surface area contributed by atoms with Gasteiger partial charge in [0.05, 0.1) is 12.6 Å². The second-order valence-corrected chi connectivity index (χ2v) is 8.22. The first-order chi connectivity index (χ1) is 13.4. The van der Waals surface area contributed by atoms with Crippen LogP contribution in [0, 0.1) is 5.92 Å². The molecule has 0 unspecified atom stereocenters. The molecule has 1 saturated heterocycles. The van der Waals surface area contributed by atoms with Crippen LogP contribution >= 0.6 is 11.3 Å². The molecule has 1 aromatic rings. The molecule has 2 N–H and O–H groups in total. The Labute approximate surface area is 170 Å². The number of carbonyl (C=O) groups is 3. The van der Waals surface area contributed by atoms with Crippen LogP contribution in [0.15, 0.2) is 11.6 Å². The number of nitrogens with zero attached hydrogens (tertiary/aromatic N) is 2. The zero-order valence-electron chi connectivity index (χ0n) is 16.6. The summed E-state index contributed by atoms with van der Waals surface area (Å²) in [5.41, 5.74) is 0. The lowest BCUT2D eigenvalue weighted by atomic mass is 10.1. The van der Waals surface area contributed by atoms with E-state index in [1.54, 1.807) is 11.6 Å². The molecule has 2 heterocycles. The molecule has 1 aliphatic heterocycles. The summed E-state index contributed by atoms with van der Waals surface area (Å²) in [7, 11) is 0. The predicted molar refractivity (Wildman–Crippen MR) is 108 cm³/mol. The number of thiazole rings is 1. The molecular weight excluding hydrogens is 380 g/mol. The number of hydrogen-bond acceptors (Lipinski definition) is 6. The van der Waals surface area contributed by atoms with Gasteiger partial charge in [-0.15, -0.1) is 11.3 Å². The van der Waals surface area contributed by atoms with Crippen molar-refractivity contribution in [2.45, 2.75) is 52.1 Å². The molecule has 1 fully saturated rings. The first kappa shape index (κ1) is 22.3. The van der Waals surface area contributed by atoms with Gasteiger partial charge in [-0.3, -0.25) is 14.4 Å². The first-order valence-corrected chi connectivity index (χ1v) is 10.7. The Morgan fingerprint density at radius 1 is 1.32 bits per heavy atom. The van der Waals surface area contributed by atoms with Crippen LogP contribution in [0.4, 0.5) is 5.13 Å². The van der Waals surface area contributed by atoms with E-state index in [2.05, 4.69) is 29.5 Å². The third-order valence-electron chi connectivity index (χ3n) is 4.42. The summed E-state index contributed by atoms with van der Waals surface area (Å²) >= 11 is 1.32. The maximum atomic E-state index is 12.7. The molecule has 8 nitrogen and oxygen atoms in total. The van der Waals surface area contributed by atoms with Crippen molar-refractivity contribution in [1.29, 1.82) is 0 Å². The topological polar surface area (TPSA) is 101 Å². The van der Waals surface area contributed by atoms with Crippen LogP contribution in [0.3, 0.4) is 0 Å². The molecule has 2 rings (SSSR count). The van der Waals surface area contributed by atoms with Crippen LogP contribution in [0.1, 0.15) is 46.0 Å². The molecule has 1 atom stereocenters. The number of aromatic nitrogens is 1. The Morgan fingerprint density at radius 3 is 2.79 bits per heavy atom. The van der Waals surface area contributed by atoms with Gasteiger partial charge in [-0.1, -0.05) is 13.8 Å². The van der Waals surface area contributed by atoms with Crippen LogP contribution in [0.5, 0.6) is 0 Å². The number of ether oxygens (including phenoxy) is 1. The van der Waals surface area contributed by atoms with Crippen LogP contribution in [-0.4, -0.2) is 60.0 Å². The fraction of sp³-hybridized carbons (Fsp3) is 0.684. The lowest BCUT2D eigenvalue weighted by Crippen LogP contribution is -2.44. The molecule has 0 aromatic carbocycles. The van der Waals surface area contributed by atoms with Crippen molar-refractivity contribution in [1.82, 2.24) is 15.2 Å². The standard InChI is InChI=1S/C19H30N4O4S/c1-14(2)7-8-20-17(25)13-23(12-15-4-3-10-27-15)18(26)6-5-16(24)22-19-21-9-11-28-19/h9,11,14-15H,3-8,10,12-13H2,1-2H3,(H,20,25)(H,21,22,24)/t15-/m0/s1. The third-order valence-corrected chi connectivity index (χ3v) is 5.11. The van der Waals surface area contributed by atoms with E-state index >= 15 is 0 Å². The van der Waals surface area contributed by atoms with Crippen molar-refractivity contribution >= 4 is 34.2 Å². The van der Waals surface area contributed by atoms with Crippen LogP contribution in [0.25, 0.3) is 0 Å². The van der Waals surface area contributed by atoms with E-state index in [1.165, 1.54) is 16.2 Å². The average Bonchev–Trinajstić information content (AvgIpc) is 3.33. The number of carbonyl (C=O) groups excluding carboxylic acids is 3. The van der Waals surface area contributed by atoms with Gasteiger partial charge in [0.2, 0.25) is 17.7 Å². The quantitative estimate of drug-likeness (QED) is 0.581. The van der Waals surface area contributed by atoms with E-state index in [0.29, 0.717) is 30.7 Å². The second-order valence-electron chi connectivity index (χ2n) is 7.33. The molecule has 3 amide bonds. The number of hydrogen-bond donors (Lipinski definition) is 2. The van der Waals surface area contributed by atoms with E-state index in [1.807, 2.05) is 0 Å². The highest BCUT2D eigenvalue weighted by atomic mass is 32.1. The Kier molecular flexibility index (Phi) is 9.36. The summed E-state index contributed by atoms with van der Waals surface area (Å²) in [6, 6.07) is 0. The van der Waals surface area contributed by atoms with Gasteiger partial charge in [0.15, 0.2) is 5.13 Å². The maximum absolute atomic E-state index is 12.7. The summed E-state index contributed by atoms with van der Waals surface area (Å²) in [5.74, 6) is -0.161. The SMILES string of the molecule is CC(C)CCNC(=O)CN(C[C@@H]1CCCO1)C(=O)CCC(=O)Nc1nccs1. The monoisotopic (exact) mass is 410 g/mol. The molecule has 0 aliphatic carbocycles. The predicted octanol–water partition coefficient (Wildman–Crippen LogP) is 2.03. The van der Waals surface area contributed by atoms with Gasteiger partial charge in [-0.05, 0) is 25.2 Å². The van der Waals surface area contributed by atoms with Crippen molar-refractivity contribution < 1.29 is 19.1 Å². The van der Waals surface area contributed by atoms with Crippen molar-refractivity contribution in [3.63, 3.8) is 0 Å². The van der Waals surface area contributed by atoms with E-state index in [-0.39, 0.29) is 43.2 Å². The second kappa shape index (κ2) is 11.8. The molecule has 156 valence electrons. The molecule has 28 heavy (non-hydrogen) atoms. The van der Waals surface area contributed by atoms with Crippen LogP contribution in [0.2, 0.25) is 0 Å². The van der Waals surface area contributed by atoms with E-state index < -0.39 is 0 Å². The largest absolute Gasteiger partial charge is 0.376 e. The molecule has 0 saturated carbocycles. The van der Waals surface area contributed by atoms with Gasteiger partial charge in [0.1, 0.15) is 0 Å². The molecule has 0 bridgehead atoms. The third kappa shape index (κ3) is 8.35. The highest BCUT2D eigenvalue weighted by molar-refractivity contribution is 7.13. The van der Waals surface area contributed by atoms with E-state index in [4.69, 9.17) is 4.74 Å². The normalized spacial score (nSPS) is 16.2. The van der Waals surface area contributed by atoms with Gasteiger partial charge in [0.25, 0.3) is 0 Å². The number of nitrogens with one attached hydrogen (secondary N) is 2. The lowest BCUT2D eigenvalue weighted by molar-refractivity contribution is -0.138. The maximum Gasteiger partial charge on any atom is 0.239 e. The molecular formula is C19H30N4O4S. The fourth-order valence-corrected chi connectivity index (χ4v) is 3.41. The van der Waals surface area contributed by atoms with E-state index in [0.717, 1.165) is 19.3 Å². The smallest absolute Gasteiger partial charge is 0.239 e. The Bertz CT molecular complexity index is 630. The molecule has 0 spiro atoms. The zero-order chi connectivity index (χ0) is 20.4. The Morgan fingerprint density at radius 2 is 2.14 bits per heavy atom. The van der Waals surface area contributed by atoms with Crippen molar-refractivity contribution in [3.05, 3.63) is 11.6 Å². The number of amides is 3. The highest BCUT2D eigenvalue weighted by Gasteiger charge is 2.24. The van der Waals surface area contributed by atoms with Crippen LogP contribution in [-0.2, 0) is 19.1 Å². The van der Waals surface area contributed by atoms with Gasteiger partial charge in [0, 0.05) is 44.1 Å². The Hall–Kier alpha value is -2.00. The minimum absolute atomic E-state index is 0.00904. The zero-order valence-corrected chi connectivity index (χ0v) is 17.4. The first-order valence-electron chi connectivity index (χ1n) is 9.79. The lowest BCUT2D eigenvalue weighted by Gasteiger charge is -2.25. The van der Waals surface area contributed by atoms with Gasteiger partial charge >= 0.3 is 0 Å². The summed E-state index contributed by atoms with van der Waals surface area (Å²) in [4.78, 5) is 42.4. The van der Waals surface area contributed by atoms with Crippen molar-refractivity contribution in [2.75, 3.05) is 31.6 Å². The molecule has 1 aromatic heterocycles. The van der Waals surface area contributed by atoms with Crippen LogP contribution < -0.4 is 10.6 Å². The highest BCUT2D eigenvalue weighted by Crippen LogP contribution is 2.15. The van der Waals surface area contributed by atoms with Gasteiger partial charge in [-0.25, -0.2) is 4.98 Å². The summed E-state index contributed by atoms with van der Waals surface area (Å²) in [6.45, 7) is 5.83. The minimum Gasteiger partial charge on any atom is -0.376 e. The van der Waals surface area contributed by atoms with Crippen molar-refractivity contribution in [2.24, 2.45) is 5.92 Å². The van der Waals surface area contributed by atoms with Gasteiger partial charge < -0.3 is 20.3 Å². The molecule has 1 aliphatic rings. The van der Waals surface area contributed by atoms with Gasteiger partial charge in [-0.2, -0.15) is 0 Å². The Balaban J connectivity index is 1.82. The minimum atomic E-state index is -0.262. The molecule has 9 heteroatoms. The number of rotatable bonds is 11. The average molecular weight is 411 g/mol. The summed E-state index contributed by atoms with van der Waals surface area (Å²) in [6.07, 6.45) is 4.39. The van der Waals surface area contributed by atoms with Crippen molar-refractivity contribution in [3.8, 4) is 0 Å². The number of anilines is 1. The summed E-state index contributed by atoms with van der Waals surface area (Å²) in [5, 5.41) is 7.80.